The quantitative estimate of drug-likeness (QED) is 0.675. The van der Waals surface area contributed by atoms with Gasteiger partial charge in [0.25, 0.3) is 0 Å². The van der Waals surface area contributed by atoms with E-state index in [9.17, 15) is 4.79 Å². The van der Waals surface area contributed by atoms with Crippen LogP contribution in [0.2, 0.25) is 0 Å². The molecule has 6 heteroatoms. The minimum atomic E-state index is -0.447. The predicted octanol–water partition coefficient (Wildman–Crippen LogP) is 3.82. The Morgan fingerprint density at radius 1 is 1.16 bits per heavy atom. The molecule has 0 aromatic heterocycles. The summed E-state index contributed by atoms with van der Waals surface area (Å²) in [6, 6.07) is 0. The molecule has 0 radical (unpaired) electrons. The van der Waals surface area contributed by atoms with Gasteiger partial charge < -0.3 is 18.9 Å². The van der Waals surface area contributed by atoms with Gasteiger partial charge in [0, 0.05) is 13.1 Å². The zero-order valence-electron chi connectivity index (χ0n) is 16.7. The number of likely N-dealkylation sites (tertiary alicyclic amines) is 1. The van der Waals surface area contributed by atoms with Gasteiger partial charge in [-0.1, -0.05) is 6.08 Å². The molecule has 0 aromatic carbocycles. The summed E-state index contributed by atoms with van der Waals surface area (Å²) in [6.45, 7) is 15.6. The van der Waals surface area contributed by atoms with Crippen LogP contribution >= 0.6 is 0 Å². The molecule has 0 bridgehead atoms. The van der Waals surface area contributed by atoms with Crippen molar-refractivity contribution >= 4 is 13.2 Å². The predicted molar refractivity (Wildman–Crippen MR) is 98.2 cm³/mol. The summed E-state index contributed by atoms with van der Waals surface area (Å²) in [4.78, 5) is 14.2. The molecule has 1 aliphatic carbocycles. The molecule has 0 saturated carbocycles. The Morgan fingerprint density at radius 3 is 2.28 bits per heavy atom. The van der Waals surface area contributed by atoms with E-state index in [0.29, 0.717) is 11.8 Å². The summed E-state index contributed by atoms with van der Waals surface area (Å²) in [7, 11) is -0.262. The van der Waals surface area contributed by atoms with Crippen molar-refractivity contribution in [3.8, 4) is 0 Å². The molecule has 25 heavy (non-hydrogen) atoms. The van der Waals surface area contributed by atoms with Gasteiger partial charge in [-0.05, 0) is 78.6 Å². The molecule has 0 spiro atoms. The fourth-order valence-corrected chi connectivity index (χ4v) is 3.79. The summed E-state index contributed by atoms with van der Waals surface area (Å²) < 4.78 is 17.9. The van der Waals surface area contributed by atoms with Crippen LogP contribution in [0.15, 0.2) is 11.5 Å². The normalized spacial score (nSPS) is 30.9. The van der Waals surface area contributed by atoms with Gasteiger partial charge >= 0.3 is 13.2 Å². The molecule has 2 fully saturated rings. The molecular formula is C19H32BNO4. The molecule has 3 rings (SSSR count). The third-order valence-corrected chi connectivity index (χ3v) is 5.96. The van der Waals surface area contributed by atoms with Crippen LogP contribution < -0.4 is 0 Å². The van der Waals surface area contributed by atoms with Crippen LogP contribution in [0.4, 0.5) is 4.79 Å². The molecule has 5 nitrogen and oxygen atoms in total. The van der Waals surface area contributed by atoms with Crippen LogP contribution in [0.1, 0.15) is 61.3 Å². The molecule has 2 aliphatic heterocycles. The Labute approximate surface area is 152 Å². The number of rotatable bonds is 1. The van der Waals surface area contributed by atoms with E-state index in [0.717, 1.165) is 25.9 Å². The number of fused-ring (bicyclic) bond motifs is 1. The van der Waals surface area contributed by atoms with Crippen LogP contribution in [-0.4, -0.2) is 48.0 Å². The molecule has 2 saturated heterocycles. The lowest BCUT2D eigenvalue weighted by molar-refractivity contribution is 0.00578. The third kappa shape index (κ3) is 3.75. The lowest BCUT2D eigenvalue weighted by atomic mass is 9.67. The van der Waals surface area contributed by atoms with E-state index in [-0.39, 0.29) is 24.4 Å². The fraction of sp³-hybridized carbons (Fsp3) is 0.842. The van der Waals surface area contributed by atoms with Gasteiger partial charge in [0.05, 0.1) is 11.2 Å². The monoisotopic (exact) mass is 349 g/mol. The standard InChI is InChI=1S/C19H32BNO4/c1-17(2,3)23-16(22)21-11-13-8-9-15(10-14(13)12-21)20-24-18(4,5)19(6,7)25-20/h9,13-14H,8,10-12H2,1-7H3. The second-order valence-electron chi connectivity index (χ2n) is 9.71. The van der Waals surface area contributed by atoms with E-state index in [1.165, 1.54) is 5.47 Å². The lowest BCUT2D eigenvalue weighted by Gasteiger charge is -2.32. The van der Waals surface area contributed by atoms with E-state index < -0.39 is 5.60 Å². The highest BCUT2D eigenvalue weighted by Gasteiger charge is 2.53. The van der Waals surface area contributed by atoms with Crippen molar-refractivity contribution < 1.29 is 18.8 Å². The van der Waals surface area contributed by atoms with Crippen LogP contribution in [0, 0.1) is 11.8 Å². The van der Waals surface area contributed by atoms with Gasteiger partial charge in [-0.15, -0.1) is 0 Å². The highest BCUT2D eigenvalue weighted by atomic mass is 16.7. The molecular weight excluding hydrogens is 317 g/mol. The van der Waals surface area contributed by atoms with Gasteiger partial charge in [-0.3, -0.25) is 0 Å². The summed E-state index contributed by atoms with van der Waals surface area (Å²) in [5, 5.41) is 0. The van der Waals surface area contributed by atoms with Crippen LogP contribution in [0.5, 0.6) is 0 Å². The van der Waals surface area contributed by atoms with Gasteiger partial charge in [0.15, 0.2) is 0 Å². The highest BCUT2D eigenvalue weighted by Crippen LogP contribution is 2.43. The molecule has 2 unspecified atom stereocenters. The number of nitrogens with zero attached hydrogens (tertiary/aromatic N) is 1. The van der Waals surface area contributed by atoms with E-state index in [1.807, 2.05) is 25.7 Å². The average Bonchev–Trinajstić information content (AvgIpc) is 2.95. The molecule has 3 aliphatic rings. The van der Waals surface area contributed by atoms with Crippen molar-refractivity contribution in [2.45, 2.75) is 78.1 Å². The van der Waals surface area contributed by atoms with Gasteiger partial charge in [0.2, 0.25) is 0 Å². The fourth-order valence-electron chi connectivity index (χ4n) is 3.79. The topological polar surface area (TPSA) is 48.0 Å². The van der Waals surface area contributed by atoms with E-state index in [2.05, 4.69) is 33.8 Å². The average molecular weight is 349 g/mol. The summed E-state index contributed by atoms with van der Waals surface area (Å²) in [5.74, 6) is 0.977. The molecule has 2 atom stereocenters. The van der Waals surface area contributed by atoms with Crippen LogP contribution in [0.3, 0.4) is 0 Å². The highest BCUT2D eigenvalue weighted by molar-refractivity contribution is 6.54. The van der Waals surface area contributed by atoms with Crippen molar-refractivity contribution in [2.24, 2.45) is 11.8 Å². The Hall–Kier alpha value is -1.01. The maximum atomic E-state index is 12.3. The van der Waals surface area contributed by atoms with Crippen molar-refractivity contribution in [3.63, 3.8) is 0 Å². The number of hydrogen-bond acceptors (Lipinski definition) is 4. The number of hydrogen-bond donors (Lipinski definition) is 0. The first-order valence-electron chi connectivity index (χ1n) is 9.40. The number of carbonyl (C=O) groups is 1. The Bertz CT molecular complexity index is 562. The lowest BCUT2D eigenvalue weighted by Crippen LogP contribution is -2.41. The van der Waals surface area contributed by atoms with Gasteiger partial charge in [0.1, 0.15) is 5.60 Å². The molecule has 0 N–H and O–H groups in total. The number of allylic oxidation sites excluding steroid dienone is 2. The van der Waals surface area contributed by atoms with E-state index >= 15 is 0 Å². The maximum Gasteiger partial charge on any atom is 0.490 e. The summed E-state index contributed by atoms with van der Waals surface area (Å²) in [5.41, 5.74) is 0.156. The molecule has 140 valence electrons. The zero-order valence-corrected chi connectivity index (χ0v) is 16.7. The number of carbonyl (C=O) groups excluding carboxylic acids is 1. The second kappa shape index (κ2) is 6.02. The van der Waals surface area contributed by atoms with Crippen molar-refractivity contribution in [2.75, 3.05) is 13.1 Å². The smallest absolute Gasteiger partial charge is 0.444 e. The first-order chi connectivity index (χ1) is 11.4. The first-order valence-corrected chi connectivity index (χ1v) is 9.40. The van der Waals surface area contributed by atoms with Crippen LogP contribution in [-0.2, 0) is 14.0 Å². The van der Waals surface area contributed by atoms with Crippen molar-refractivity contribution in [1.29, 1.82) is 0 Å². The number of ether oxygens (including phenoxy) is 1. The minimum Gasteiger partial charge on any atom is -0.444 e. The van der Waals surface area contributed by atoms with Crippen molar-refractivity contribution in [1.82, 2.24) is 4.90 Å². The van der Waals surface area contributed by atoms with Crippen molar-refractivity contribution in [3.05, 3.63) is 11.5 Å². The molecule has 0 aromatic rings. The first kappa shape index (κ1) is 18.8. The van der Waals surface area contributed by atoms with E-state index in [4.69, 9.17) is 14.0 Å². The Morgan fingerprint density at radius 2 is 1.72 bits per heavy atom. The molecule has 1 amide bonds. The Kier molecular flexibility index (Phi) is 4.52. The van der Waals surface area contributed by atoms with E-state index in [1.54, 1.807) is 0 Å². The van der Waals surface area contributed by atoms with Gasteiger partial charge in [-0.2, -0.15) is 0 Å². The second-order valence-corrected chi connectivity index (χ2v) is 9.71. The maximum absolute atomic E-state index is 12.3. The SMILES string of the molecule is CC(C)(C)OC(=O)N1CC2CC=C(B3OC(C)(C)C(C)(C)O3)CC2C1. The largest absolute Gasteiger partial charge is 0.490 e. The third-order valence-electron chi connectivity index (χ3n) is 5.96. The van der Waals surface area contributed by atoms with Gasteiger partial charge in [-0.25, -0.2) is 4.79 Å². The number of amides is 1. The summed E-state index contributed by atoms with van der Waals surface area (Å²) in [6.07, 6.45) is 3.98. The van der Waals surface area contributed by atoms with Crippen LogP contribution in [0.25, 0.3) is 0 Å². The Balaban J connectivity index is 1.62. The molecule has 2 heterocycles. The minimum absolute atomic E-state index is 0.195. The summed E-state index contributed by atoms with van der Waals surface area (Å²) >= 11 is 0. The zero-order chi connectivity index (χ0) is 18.6.